The number of benzene rings is 1. The maximum absolute atomic E-state index is 14.1. The molecule has 35 heavy (non-hydrogen) atoms. The Bertz CT molecular complexity index is 1360. The molecule has 1 aromatic carbocycles. The number of halogens is 3. The highest BCUT2D eigenvalue weighted by atomic mass is 35.5. The fraction of sp³-hybridized carbons (Fsp3) is 0.400. The van der Waals surface area contributed by atoms with Crippen LogP contribution in [0.25, 0.3) is 22.4 Å². The van der Waals surface area contributed by atoms with Gasteiger partial charge in [-0.15, -0.1) is 0 Å². The van der Waals surface area contributed by atoms with Gasteiger partial charge in [-0.05, 0) is 44.9 Å². The van der Waals surface area contributed by atoms with E-state index in [9.17, 15) is 8.78 Å². The van der Waals surface area contributed by atoms with Crippen LogP contribution in [0.3, 0.4) is 0 Å². The molecule has 0 bridgehead atoms. The molecule has 2 atom stereocenters. The lowest BCUT2D eigenvalue weighted by Crippen LogP contribution is -2.20. The highest BCUT2D eigenvalue weighted by Gasteiger charge is 2.28. The second-order valence-corrected chi connectivity index (χ2v) is 9.32. The summed E-state index contributed by atoms with van der Waals surface area (Å²) in [6.45, 7) is 4.23. The van der Waals surface area contributed by atoms with E-state index >= 15 is 0 Å². The molecule has 0 N–H and O–H groups in total. The first kappa shape index (κ1) is 23.7. The molecule has 0 radical (unpaired) electrons. The molecule has 2 fully saturated rings. The summed E-state index contributed by atoms with van der Waals surface area (Å²) in [6, 6.07) is 5.03. The molecule has 0 spiro atoms. The van der Waals surface area contributed by atoms with Crippen molar-refractivity contribution in [2.45, 2.75) is 57.8 Å². The minimum Gasteiger partial charge on any atom is -0.373 e. The minimum atomic E-state index is -0.715. The van der Waals surface area contributed by atoms with Gasteiger partial charge >= 0.3 is 0 Å². The van der Waals surface area contributed by atoms with E-state index in [1.165, 1.54) is 25.2 Å². The SMILES string of the molecule is Cc1nc2ncnc(-c3ccc(Cl)cc3F)c2nc1C.FC1CCOC(c2cnn(C3CC3)c2)C1. The number of fused-ring (bicyclic) bond motifs is 1. The van der Waals surface area contributed by atoms with Gasteiger partial charge in [-0.2, -0.15) is 5.10 Å². The zero-order chi connectivity index (χ0) is 24.5. The highest BCUT2D eigenvalue weighted by Crippen LogP contribution is 2.36. The predicted molar refractivity (Wildman–Crippen MR) is 128 cm³/mol. The molecule has 1 aliphatic heterocycles. The van der Waals surface area contributed by atoms with E-state index in [2.05, 4.69) is 25.0 Å². The van der Waals surface area contributed by atoms with Gasteiger partial charge in [0.25, 0.3) is 0 Å². The Labute approximate surface area is 206 Å². The van der Waals surface area contributed by atoms with Crippen LogP contribution in [0.2, 0.25) is 5.02 Å². The molecular formula is C25H25ClF2N6O. The summed E-state index contributed by atoms with van der Waals surface area (Å²) in [6.07, 6.45) is 7.85. The van der Waals surface area contributed by atoms with Gasteiger partial charge in [0.05, 0.1) is 36.3 Å². The Kier molecular flexibility index (Phi) is 6.71. The Morgan fingerprint density at radius 1 is 1.09 bits per heavy atom. The summed E-state index contributed by atoms with van der Waals surface area (Å²) in [5.41, 5.74) is 4.27. The van der Waals surface area contributed by atoms with Crippen molar-refractivity contribution in [1.29, 1.82) is 0 Å². The fourth-order valence-electron chi connectivity index (χ4n) is 3.97. The molecule has 2 unspecified atom stereocenters. The smallest absolute Gasteiger partial charge is 0.182 e. The Morgan fingerprint density at radius 2 is 1.89 bits per heavy atom. The first-order valence-corrected chi connectivity index (χ1v) is 12.0. The quantitative estimate of drug-likeness (QED) is 0.349. The van der Waals surface area contributed by atoms with Crippen LogP contribution in [0.1, 0.15) is 54.8 Å². The van der Waals surface area contributed by atoms with Crippen LogP contribution < -0.4 is 0 Å². The number of ether oxygens (including phenoxy) is 1. The molecule has 7 nitrogen and oxygen atoms in total. The summed E-state index contributed by atoms with van der Waals surface area (Å²) in [5.74, 6) is -0.447. The summed E-state index contributed by atoms with van der Waals surface area (Å²) < 4.78 is 34.8. The van der Waals surface area contributed by atoms with Gasteiger partial charge in [-0.3, -0.25) is 4.68 Å². The van der Waals surface area contributed by atoms with E-state index in [4.69, 9.17) is 16.3 Å². The molecule has 0 amide bonds. The van der Waals surface area contributed by atoms with Crippen molar-refractivity contribution in [2.75, 3.05) is 6.61 Å². The van der Waals surface area contributed by atoms with Gasteiger partial charge in [0.15, 0.2) is 5.65 Å². The molecule has 2 aliphatic rings. The van der Waals surface area contributed by atoms with E-state index in [1.54, 1.807) is 12.1 Å². The second-order valence-electron chi connectivity index (χ2n) is 8.88. The molecule has 3 aromatic heterocycles. The van der Waals surface area contributed by atoms with Crippen molar-refractivity contribution in [3.8, 4) is 11.3 Å². The van der Waals surface area contributed by atoms with Crippen molar-refractivity contribution in [1.82, 2.24) is 29.7 Å². The maximum Gasteiger partial charge on any atom is 0.182 e. The average molecular weight is 499 g/mol. The average Bonchev–Trinajstić information content (AvgIpc) is 3.56. The third-order valence-electron chi connectivity index (χ3n) is 6.20. The molecule has 1 saturated carbocycles. The largest absolute Gasteiger partial charge is 0.373 e. The van der Waals surface area contributed by atoms with E-state index in [-0.39, 0.29) is 6.10 Å². The first-order valence-electron chi connectivity index (χ1n) is 11.6. The summed E-state index contributed by atoms with van der Waals surface area (Å²) in [5, 5.41) is 4.63. The van der Waals surface area contributed by atoms with Crippen LogP contribution in [-0.4, -0.2) is 42.5 Å². The summed E-state index contributed by atoms with van der Waals surface area (Å²) >= 11 is 5.77. The van der Waals surface area contributed by atoms with Crippen LogP contribution >= 0.6 is 11.6 Å². The number of aromatic nitrogens is 6. The van der Waals surface area contributed by atoms with Crippen molar-refractivity contribution in [3.63, 3.8) is 0 Å². The zero-order valence-corrected chi connectivity index (χ0v) is 20.2. The lowest BCUT2D eigenvalue weighted by molar-refractivity contribution is -0.0193. The van der Waals surface area contributed by atoms with Crippen LogP contribution in [0.5, 0.6) is 0 Å². The van der Waals surface area contributed by atoms with Gasteiger partial charge in [0.2, 0.25) is 0 Å². The summed E-state index contributed by atoms with van der Waals surface area (Å²) in [4.78, 5) is 17.0. The predicted octanol–water partition coefficient (Wildman–Crippen LogP) is 5.90. The van der Waals surface area contributed by atoms with Gasteiger partial charge in [0, 0.05) is 35.2 Å². The van der Waals surface area contributed by atoms with E-state index in [1.807, 2.05) is 30.9 Å². The maximum atomic E-state index is 14.1. The number of hydrogen-bond acceptors (Lipinski definition) is 6. The van der Waals surface area contributed by atoms with Gasteiger partial charge in [-0.1, -0.05) is 11.6 Å². The third kappa shape index (κ3) is 5.31. The van der Waals surface area contributed by atoms with Crippen molar-refractivity contribution < 1.29 is 13.5 Å². The number of alkyl halides is 1. The first-order chi connectivity index (χ1) is 16.9. The second kappa shape index (κ2) is 9.91. The standard InChI is InChI=1S/C14H10ClFN4.C11H15FN2O/c1-7-8(2)20-14-13(19-7)12(17-6-18-14)10-4-3-9(15)5-11(10)16;12-9-3-4-15-11(5-9)8-6-13-14(7-8)10-1-2-10/h3-6H,1-2H3;6-7,9-11H,1-5H2. The molecule has 10 heteroatoms. The van der Waals surface area contributed by atoms with E-state index in [0.29, 0.717) is 52.9 Å². The van der Waals surface area contributed by atoms with Gasteiger partial charge in [-0.25, -0.2) is 28.7 Å². The number of nitrogens with zero attached hydrogens (tertiary/aromatic N) is 6. The Morgan fingerprint density at radius 3 is 2.63 bits per heavy atom. The normalized spacial score (nSPS) is 19.9. The number of aryl methyl sites for hydroxylation is 2. The lowest BCUT2D eigenvalue weighted by atomic mass is 10.0. The lowest BCUT2D eigenvalue weighted by Gasteiger charge is -2.24. The van der Waals surface area contributed by atoms with Crippen LogP contribution in [-0.2, 0) is 4.74 Å². The minimum absolute atomic E-state index is 0.0822. The molecule has 1 saturated heterocycles. The van der Waals surface area contributed by atoms with Gasteiger partial charge in [0.1, 0.15) is 29.5 Å². The summed E-state index contributed by atoms with van der Waals surface area (Å²) in [7, 11) is 0. The number of rotatable bonds is 3. The molecule has 4 heterocycles. The number of hydrogen-bond donors (Lipinski definition) is 0. The molecule has 182 valence electrons. The van der Waals surface area contributed by atoms with E-state index in [0.717, 1.165) is 17.0 Å². The van der Waals surface area contributed by atoms with Gasteiger partial charge < -0.3 is 4.74 Å². The van der Waals surface area contributed by atoms with Crippen molar-refractivity contribution in [2.24, 2.45) is 0 Å². The fourth-order valence-corrected chi connectivity index (χ4v) is 4.13. The van der Waals surface area contributed by atoms with Crippen molar-refractivity contribution in [3.05, 3.63) is 64.7 Å². The van der Waals surface area contributed by atoms with Crippen molar-refractivity contribution >= 4 is 22.8 Å². The Balaban J connectivity index is 0.000000151. The van der Waals surface area contributed by atoms with Crippen LogP contribution in [0.15, 0.2) is 36.9 Å². The highest BCUT2D eigenvalue weighted by molar-refractivity contribution is 6.30. The Hall–Kier alpha value is -3.04. The van der Waals surface area contributed by atoms with Crippen LogP contribution in [0, 0.1) is 19.7 Å². The van der Waals surface area contributed by atoms with E-state index < -0.39 is 12.0 Å². The topological polar surface area (TPSA) is 78.6 Å². The molecular weight excluding hydrogens is 474 g/mol. The molecule has 1 aliphatic carbocycles. The zero-order valence-electron chi connectivity index (χ0n) is 19.5. The molecule has 4 aromatic rings. The third-order valence-corrected chi connectivity index (χ3v) is 6.44. The molecule has 6 rings (SSSR count). The monoisotopic (exact) mass is 498 g/mol. The van der Waals surface area contributed by atoms with Crippen LogP contribution in [0.4, 0.5) is 8.78 Å².